The van der Waals surface area contributed by atoms with Gasteiger partial charge in [0.1, 0.15) is 11.6 Å². The van der Waals surface area contributed by atoms with Gasteiger partial charge in [0.15, 0.2) is 6.61 Å². The summed E-state index contributed by atoms with van der Waals surface area (Å²) in [6.07, 6.45) is 2.20. The third-order valence-corrected chi connectivity index (χ3v) is 6.77. The predicted molar refractivity (Wildman–Crippen MR) is 116 cm³/mol. The monoisotopic (exact) mass is 444 g/mol. The minimum absolute atomic E-state index is 0.00262. The summed E-state index contributed by atoms with van der Waals surface area (Å²) in [4.78, 5) is 25.3. The predicted octanol–water partition coefficient (Wildman–Crippen LogP) is 4.33. The molecule has 2 aromatic rings. The first-order valence-electron chi connectivity index (χ1n) is 10.5. The summed E-state index contributed by atoms with van der Waals surface area (Å²) >= 11 is 5.65. The van der Waals surface area contributed by atoms with Gasteiger partial charge in [0, 0.05) is 12.1 Å². The zero-order valence-corrected chi connectivity index (χ0v) is 18.3. The van der Waals surface area contributed by atoms with Gasteiger partial charge in [-0.2, -0.15) is 0 Å². The molecule has 3 fully saturated rings. The van der Waals surface area contributed by atoms with Crippen LogP contribution in [0.15, 0.2) is 42.5 Å². The molecule has 7 heteroatoms. The van der Waals surface area contributed by atoms with E-state index in [4.69, 9.17) is 16.3 Å². The molecule has 2 N–H and O–H groups in total. The summed E-state index contributed by atoms with van der Waals surface area (Å²) in [5.74, 6) is -0.270. The van der Waals surface area contributed by atoms with Gasteiger partial charge in [-0.1, -0.05) is 41.4 Å². The van der Waals surface area contributed by atoms with E-state index in [1.54, 1.807) is 0 Å². The molecule has 2 atom stereocenters. The molecule has 2 bridgehead atoms. The Morgan fingerprint density at radius 1 is 1.23 bits per heavy atom. The molecule has 1 unspecified atom stereocenters. The summed E-state index contributed by atoms with van der Waals surface area (Å²) in [5.41, 5.74) is 1.84. The van der Waals surface area contributed by atoms with Crippen LogP contribution in [0.2, 0.25) is 5.02 Å². The summed E-state index contributed by atoms with van der Waals surface area (Å²) in [5, 5.41) is 6.13. The summed E-state index contributed by atoms with van der Waals surface area (Å²) in [7, 11) is 0. The van der Waals surface area contributed by atoms with Gasteiger partial charge in [-0.25, -0.2) is 4.39 Å². The van der Waals surface area contributed by atoms with Crippen molar-refractivity contribution in [3.63, 3.8) is 0 Å². The van der Waals surface area contributed by atoms with E-state index in [1.165, 1.54) is 12.1 Å². The van der Waals surface area contributed by atoms with Crippen molar-refractivity contribution in [3.05, 3.63) is 64.4 Å². The fourth-order valence-electron chi connectivity index (χ4n) is 4.77. The molecule has 0 spiro atoms. The van der Waals surface area contributed by atoms with Crippen molar-refractivity contribution in [2.45, 2.75) is 45.2 Å². The second-order valence-electron chi connectivity index (χ2n) is 8.80. The highest BCUT2D eigenvalue weighted by atomic mass is 35.5. The SMILES string of the molecule is Cc1cccc([C@H](C)NC(=O)C23CC(C2)C(NC(=O)COc2ccc(Cl)c(F)c2)C3)c1. The molecule has 31 heavy (non-hydrogen) atoms. The zero-order valence-electron chi connectivity index (χ0n) is 17.6. The van der Waals surface area contributed by atoms with Crippen LogP contribution < -0.4 is 15.4 Å². The minimum Gasteiger partial charge on any atom is -0.484 e. The number of fused-ring (bicyclic) bond motifs is 1. The molecule has 3 aliphatic rings. The van der Waals surface area contributed by atoms with Crippen LogP contribution in [0.3, 0.4) is 0 Å². The number of halogens is 2. The average molecular weight is 445 g/mol. The number of hydrogen-bond donors (Lipinski definition) is 2. The van der Waals surface area contributed by atoms with Gasteiger partial charge in [0.2, 0.25) is 5.91 Å². The van der Waals surface area contributed by atoms with Crippen LogP contribution in [0, 0.1) is 24.1 Å². The van der Waals surface area contributed by atoms with E-state index >= 15 is 0 Å². The highest BCUT2D eigenvalue weighted by molar-refractivity contribution is 6.30. The molecule has 3 saturated carbocycles. The van der Waals surface area contributed by atoms with E-state index in [1.807, 2.05) is 32.0 Å². The number of carbonyl (C=O) groups is 2. The summed E-state index contributed by atoms with van der Waals surface area (Å²) < 4.78 is 18.8. The van der Waals surface area contributed by atoms with Gasteiger partial charge in [0.25, 0.3) is 5.91 Å². The number of ether oxygens (including phenoxy) is 1. The molecule has 0 heterocycles. The number of rotatable bonds is 7. The van der Waals surface area contributed by atoms with Crippen LogP contribution >= 0.6 is 11.6 Å². The summed E-state index contributed by atoms with van der Waals surface area (Å²) in [6.45, 7) is 3.81. The maximum Gasteiger partial charge on any atom is 0.258 e. The van der Waals surface area contributed by atoms with Crippen molar-refractivity contribution in [3.8, 4) is 5.75 Å². The van der Waals surface area contributed by atoms with E-state index in [-0.39, 0.29) is 41.3 Å². The molecule has 0 aromatic heterocycles. The number of nitrogens with one attached hydrogen (secondary N) is 2. The smallest absolute Gasteiger partial charge is 0.258 e. The van der Waals surface area contributed by atoms with Gasteiger partial charge in [-0.15, -0.1) is 0 Å². The minimum atomic E-state index is -0.593. The Hall–Kier alpha value is -2.60. The molecular weight excluding hydrogens is 419 g/mol. The highest BCUT2D eigenvalue weighted by Gasteiger charge is 2.60. The Morgan fingerprint density at radius 3 is 2.71 bits per heavy atom. The van der Waals surface area contributed by atoms with Gasteiger partial charge in [-0.3, -0.25) is 9.59 Å². The molecule has 5 rings (SSSR count). The molecule has 3 aliphatic carbocycles. The Morgan fingerprint density at radius 2 is 2.00 bits per heavy atom. The molecule has 2 amide bonds. The lowest BCUT2D eigenvalue weighted by molar-refractivity contribution is -0.135. The lowest BCUT2D eigenvalue weighted by atomic mass is 9.69. The van der Waals surface area contributed by atoms with E-state index in [0.29, 0.717) is 12.3 Å². The third-order valence-electron chi connectivity index (χ3n) is 6.46. The largest absolute Gasteiger partial charge is 0.484 e. The maximum atomic E-state index is 13.5. The first-order chi connectivity index (χ1) is 14.8. The molecular formula is C24H26ClFN2O3. The van der Waals surface area contributed by atoms with Crippen molar-refractivity contribution in [2.24, 2.45) is 11.3 Å². The van der Waals surface area contributed by atoms with E-state index in [0.717, 1.165) is 30.0 Å². The number of amides is 2. The van der Waals surface area contributed by atoms with Crippen molar-refractivity contribution in [1.29, 1.82) is 0 Å². The van der Waals surface area contributed by atoms with Crippen molar-refractivity contribution < 1.29 is 18.7 Å². The lowest BCUT2D eigenvalue weighted by Gasteiger charge is -2.37. The second kappa shape index (κ2) is 8.50. The Bertz CT molecular complexity index is 1010. The molecule has 5 nitrogen and oxygen atoms in total. The van der Waals surface area contributed by atoms with Crippen molar-refractivity contribution in [2.75, 3.05) is 6.61 Å². The van der Waals surface area contributed by atoms with E-state index in [9.17, 15) is 14.0 Å². The number of carbonyl (C=O) groups excluding carboxylic acids is 2. The van der Waals surface area contributed by atoms with Crippen molar-refractivity contribution in [1.82, 2.24) is 10.6 Å². The van der Waals surface area contributed by atoms with Crippen LogP contribution in [0.25, 0.3) is 0 Å². The first-order valence-corrected chi connectivity index (χ1v) is 10.9. The van der Waals surface area contributed by atoms with Gasteiger partial charge < -0.3 is 15.4 Å². The molecule has 0 radical (unpaired) electrons. The molecule has 0 saturated heterocycles. The van der Waals surface area contributed by atoms with E-state index in [2.05, 4.69) is 16.7 Å². The van der Waals surface area contributed by atoms with E-state index < -0.39 is 11.2 Å². The highest BCUT2D eigenvalue weighted by Crippen LogP contribution is 2.59. The first kappa shape index (κ1) is 21.6. The fourth-order valence-corrected chi connectivity index (χ4v) is 4.88. The normalized spacial score (nSPS) is 24.8. The Labute approximate surface area is 186 Å². The fraction of sp³-hybridized carbons (Fsp3) is 0.417. The quantitative estimate of drug-likeness (QED) is 0.668. The van der Waals surface area contributed by atoms with Gasteiger partial charge >= 0.3 is 0 Å². The second-order valence-corrected chi connectivity index (χ2v) is 9.21. The maximum absolute atomic E-state index is 13.5. The zero-order chi connectivity index (χ0) is 22.2. The van der Waals surface area contributed by atoms with Gasteiger partial charge in [-0.05, 0) is 56.7 Å². The number of benzene rings is 2. The van der Waals surface area contributed by atoms with Crippen LogP contribution in [0.5, 0.6) is 5.75 Å². The topological polar surface area (TPSA) is 67.4 Å². The third kappa shape index (κ3) is 4.54. The van der Waals surface area contributed by atoms with Crippen LogP contribution in [-0.2, 0) is 9.59 Å². The molecule has 0 aliphatic heterocycles. The Balaban J connectivity index is 1.28. The van der Waals surface area contributed by atoms with Crippen LogP contribution in [0.4, 0.5) is 4.39 Å². The van der Waals surface area contributed by atoms with Gasteiger partial charge in [0.05, 0.1) is 16.5 Å². The average Bonchev–Trinajstić information content (AvgIpc) is 3.24. The molecule has 2 aromatic carbocycles. The number of hydrogen-bond acceptors (Lipinski definition) is 3. The Kier molecular flexibility index (Phi) is 5.93. The number of aryl methyl sites for hydroxylation is 1. The summed E-state index contributed by atoms with van der Waals surface area (Å²) in [6, 6.07) is 12.1. The van der Waals surface area contributed by atoms with Crippen LogP contribution in [-0.4, -0.2) is 24.5 Å². The standard InChI is InChI=1S/C24H26ClFN2O3/c1-14-4-3-5-16(8-14)15(2)27-23(30)24-10-17(11-24)21(12-24)28-22(29)13-31-18-6-7-19(25)20(26)9-18/h3-9,15,17,21H,10-13H2,1-2H3,(H,27,30)(H,28,29)/t15-,17?,21?,24?/m0/s1. The van der Waals surface area contributed by atoms with Crippen molar-refractivity contribution >= 4 is 23.4 Å². The van der Waals surface area contributed by atoms with Crippen LogP contribution in [0.1, 0.15) is 43.4 Å². The molecule has 164 valence electrons. The lowest BCUT2D eigenvalue weighted by Crippen LogP contribution is -2.45.